The van der Waals surface area contributed by atoms with Crippen molar-refractivity contribution in [2.24, 2.45) is 0 Å². The van der Waals surface area contributed by atoms with Crippen LogP contribution < -0.4 is 4.72 Å². The lowest BCUT2D eigenvalue weighted by Crippen LogP contribution is -2.13. The Morgan fingerprint density at radius 3 is 2.37 bits per heavy atom. The van der Waals surface area contributed by atoms with E-state index in [0.717, 1.165) is 10.9 Å². The molecular formula is C20H18ClNO4S. The van der Waals surface area contributed by atoms with E-state index in [1.807, 2.05) is 12.1 Å². The highest BCUT2D eigenvalue weighted by Gasteiger charge is 2.19. The Morgan fingerprint density at radius 2 is 1.70 bits per heavy atom. The van der Waals surface area contributed by atoms with E-state index in [1.165, 1.54) is 6.07 Å². The van der Waals surface area contributed by atoms with E-state index in [0.29, 0.717) is 22.7 Å². The first-order chi connectivity index (χ1) is 12.9. The van der Waals surface area contributed by atoms with Crippen LogP contribution in [0.25, 0.3) is 10.8 Å². The van der Waals surface area contributed by atoms with Gasteiger partial charge in [-0.3, -0.25) is 9.52 Å². The Bertz CT molecular complexity index is 1070. The lowest BCUT2D eigenvalue weighted by molar-refractivity contribution is -0.142. The molecule has 0 saturated carbocycles. The van der Waals surface area contributed by atoms with Crippen molar-refractivity contribution in [1.29, 1.82) is 0 Å². The van der Waals surface area contributed by atoms with Gasteiger partial charge in [-0.25, -0.2) is 8.42 Å². The molecule has 0 spiro atoms. The van der Waals surface area contributed by atoms with E-state index >= 15 is 0 Å². The molecule has 0 unspecified atom stereocenters. The van der Waals surface area contributed by atoms with Crippen LogP contribution in [0, 0.1) is 0 Å². The monoisotopic (exact) mass is 403 g/mol. The summed E-state index contributed by atoms with van der Waals surface area (Å²) in [6.07, 6.45) is 0.139. The Labute approximate surface area is 163 Å². The van der Waals surface area contributed by atoms with Gasteiger partial charge in [-0.2, -0.15) is 0 Å². The lowest BCUT2D eigenvalue weighted by Gasteiger charge is -2.12. The molecule has 1 N–H and O–H groups in total. The molecule has 0 atom stereocenters. The lowest BCUT2D eigenvalue weighted by atomic mass is 10.1. The van der Waals surface area contributed by atoms with E-state index in [1.54, 1.807) is 49.4 Å². The molecule has 0 amide bonds. The molecule has 5 nitrogen and oxygen atoms in total. The molecule has 0 bridgehead atoms. The van der Waals surface area contributed by atoms with Gasteiger partial charge in [0.1, 0.15) is 0 Å². The Morgan fingerprint density at radius 1 is 1.04 bits per heavy atom. The van der Waals surface area contributed by atoms with Crippen LogP contribution in [0.2, 0.25) is 5.02 Å². The number of hydrogen-bond donors (Lipinski definition) is 1. The second kappa shape index (κ2) is 7.98. The van der Waals surface area contributed by atoms with Crippen LogP contribution in [-0.2, 0) is 26.0 Å². The Hall–Kier alpha value is -2.57. The third-order valence-corrected chi connectivity index (χ3v) is 5.70. The second-order valence-electron chi connectivity index (χ2n) is 5.88. The van der Waals surface area contributed by atoms with Crippen LogP contribution in [0.4, 0.5) is 5.69 Å². The van der Waals surface area contributed by atoms with Gasteiger partial charge in [0, 0.05) is 16.1 Å². The predicted molar refractivity (Wildman–Crippen MR) is 107 cm³/mol. The first-order valence-corrected chi connectivity index (χ1v) is 10.2. The molecule has 3 aromatic rings. The van der Waals surface area contributed by atoms with Crippen molar-refractivity contribution >= 4 is 44.1 Å². The highest BCUT2D eigenvalue weighted by molar-refractivity contribution is 7.93. The summed E-state index contributed by atoms with van der Waals surface area (Å²) in [4.78, 5) is 11.6. The van der Waals surface area contributed by atoms with E-state index < -0.39 is 10.0 Å². The zero-order valence-electron chi connectivity index (χ0n) is 14.6. The molecule has 27 heavy (non-hydrogen) atoms. The van der Waals surface area contributed by atoms with Gasteiger partial charge in [-0.1, -0.05) is 48.0 Å². The molecule has 0 fully saturated rings. The van der Waals surface area contributed by atoms with Crippen LogP contribution >= 0.6 is 11.6 Å². The fraction of sp³-hybridized carbons (Fsp3) is 0.150. The molecule has 0 aromatic heterocycles. The first kappa shape index (κ1) is 19.2. The molecule has 0 aliphatic rings. The van der Waals surface area contributed by atoms with Crippen LogP contribution in [0.5, 0.6) is 0 Å². The number of carbonyl (C=O) groups is 1. The number of carbonyl (C=O) groups excluding carboxylic acids is 1. The number of anilines is 1. The highest BCUT2D eigenvalue weighted by Crippen LogP contribution is 2.30. The van der Waals surface area contributed by atoms with Crippen LogP contribution in [0.15, 0.2) is 65.6 Å². The molecule has 0 aliphatic heterocycles. The average molecular weight is 404 g/mol. The molecular weight excluding hydrogens is 386 g/mol. The summed E-state index contributed by atoms with van der Waals surface area (Å²) in [5.41, 5.74) is 1.14. The Kier molecular flexibility index (Phi) is 5.68. The minimum atomic E-state index is -3.83. The fourth-order valence-corrected chi connectivity index (χ4v) is 4.42. The SMILES string of the molecule is CCOC(=O)Cc1ccc(NS(=O)(=O)c2cccc3cccc(Cl)c23)cc1. The molecule has 0 saturated heterocycles. The summed E-state index contributed by atoms with van der Waals surface area (Å²) < 4.78 is 33.2. The molecule has 140 valence electrons. The third-order valence-electron chi connectivity index (χ3n) is 3.97. The first-order valence-electron chi connectivity index (χ1n) is 8.35. The Balaban J connectivity index is 1.86. The van der Waals surface area contributed by atoms with Gasteiger partial charge >= 0.3 is 5.97 Å². The second-order valence-corrected chi connectivity index (χ2v) is 7.94. The number of sulfonamides is 1. The van der Waals surface area contributed by atoms with E-state index in [2.05, 4.69) is 4.72 Å². The molecule has 0 radical (unpaired) electrons. The van der Waals surface area contributed by atoms with E-state index in [-0.39, 0.29) is 17.3 Å². The van der Waals surface area contributed by atoms with Crippen molar-refractivity contribution in [1.82, 2.24) is 0 Å². The van der Waals surface area contributed by atoms with Crippen molar-refractivity contribution < 1.29 is 17.9 Å². The van der Waals surface area contributed by atoms with Crippen molar-refractivity contribution in [3.05, 3.63) is 71.2 Å². The van der Waals surface area contributed by atoms with Crippen molar-refractivity contribution in [3.63, 3.8) is 0 Å². The fourth-order valence-electron chi connectivity index (χ4n) is 2.77. The zero-order valence-corrected chi connectivity index (χ0v) is 16.2. The number of rotatable bonds is 6. The predicted octanol–water partition coefficient (Wildman–Crippen LogP) is 4.40. The number of esters is 1. The van der Waals surface area contributed by atoms with Crippen molar-refractivity contribution in [3.8, 4) is 0 Å². The smallest absolute Gasteiger partial charge is 0.310 e. The topological polar surface area (TPSA) is 72.5 Å². The number of fused-ring (bicyclic) bond motifs is 1. The molecule has 7 heteroatoms. The number of halogens is 1. The number of benzene rings is 3. The summed E-state index contributed by atoms with van der Waals surface area (Å²) in [7, 11) is -3.83. The zero-order chi connectivity index (χ0) is 19.4. The average Bonchev–Trinajstić information content (AvgIpc) is 2.63. The van der Waals surface area contributed by atoms with Crippen LogP contribution in [0.1, 0.15) is 12.5 Å². The van der Waals surface area contributed by atoms with Gasteiger partial charge in [-0.15, -0.1) is 0 Å². The maximum absolute atomic E-state index is 12.9. The van der Waals surface area contributed by atoms with Gasteiger partial charge in [-0.05, 0) is 42.1 Å². The van der Waals surface area contributed by atoms with Crippen molar-refractivity contribution in [2.75, 3.05) is 11.3 Å². The largest absolute Gasteiger partial charge is 0.466 e. The molecule has 0 heterocycles. The standard InChI is InChI=1S/C20H18ClNO4S/c1-2-26-19(23)13-14-9-11-16(12-10-14)22-27(24,25)18-8-4-6-15-5-3-7-17(21)20(15)18/h3-12,22H,2,13H2,1H3. The minimum absolute atomic E-state index is 0.112. The minimum Gasteiger partial charge on any atom is -0.466 e. The summed E-state index contributed by atoms with van der Waals surface area (Å²) in [5, 5.41) is 1.60. The normalized spacial score (nSPS) is 11.3. The van der Waals surface area contributed by atoms with Crippen LogP contribution in [-0.4, -0.2) is 21.0 Å². The van der Waals surface area contributed by atoms with Gasteiger partial charge in [0.05, 0.1) is 17.9 Å². The maximum Gasteiger partial charge on any atom is 0.310 e. The van der Waals surface area contributed by atoms with Gasteiger partial charge in [0.15, 0.2) is 0 Å². The van der Waals surface area contributed by atoms with Gasteiger partial charge in [0.25, 0.3) is 10.0 Å². The quantitative estimate of drug-likeness (QED) is 0.619. The maximum atomic E-state index is 12.9. The number of hydrogen-bond acceptors (Lipinski definition) is 4. The van der Waals surface area contributed by atoms with Gasteiger partial charge in [0.2, 0.25) is 0 Å². The summed E-state index contributed by atoms with van der Waals surface area (Å²) in [5.74, 6) is -0.323. The molecule has 3 rings (SSSR count). The number of nitrogens with one attached hydrogen (secondary N) is 1. The van der Waals surface area contributed by atoms with Gasteiger partial charge < -0.3 is 4.74 Å². The molecule has 3 aromatic carbocycles. The molecule has 0 aliphatic carbocycles. The van der Waals surface area contributed by atoms with Crippen LogP contribution in [0.3, 0.4) is 0 Å². The van der Waals surface area contributed by atoms with E-state index in [9.17, 15) is 13.2 Å². The number of ether oxygens (including phenoxy) is 1. The third kappa shape index (κ3) is 4.40. The summed E-state index contributed by atoms with van der Waals surface area (Å²) >= 11 is 6.23. The van der Waals surface area contributed by atoms with Crippen molar-refractivity contribution in [2.45, 2.75) is 18.2 Å². The summed E-state index contributed by atoms with van der Waals surface area (Å²) in [6, 6.07) is 16.8. The summed E-state index contributed by atoms with van der Waals surface area (Å²) in [6.45, 7) is 2.07. The highest BCUT2D eigenvalue weighted by atomic mass is 35.5. The van der Waals surface area contributed by atoms with E-state index in [4.69, 9.17) is 16.3 Å².